The Kier molecular flexibility index (Phi) is 5.98. The Balaban J connectivity index is 1.98. The molecule has 2 aliphatic rings. The third kappa shape index (κ3) is 4.01. The maximum Gasteiger partial charge on any atom is 0.189 e. The van der Waals surface area contributed by atoms with Crippen molar-refractivity contribution in [3.05, 3.63) is 59.2 Å². The van der Waals surface area contributed by atoms with Crippen LogP contribution in [0.15, 0.2) is 35.2 Å². The van der Waals surface area contributed by atoms with E-state index in [1.807, 2.05) is 0 Å². The third-order valence-corrected chi connectivity index (χ3v) is 9.65. The van der Waals surface area contributed by atoms with Gasteiger partial charge < -0.3 is 9.47 Å². The quantitative estimate of drug-likeness (QED) is 0.577. The van der Waals surface area contributed by atoms with Crippen molar-refractivity contribution in [2.24, 2.45) is 5.92 Å². The number of sulfone groups is 2. The molecule has 0 aliphatic carbocycles. The summed E-state index contributed by atoms with van der Waals surface area (Å²) in [4.78, 5) is -0.745. The van der Waals surface area contributed by atoms with Crippen LogP contribution in [0.1, 0.15) is 18.4 Å². The average molecular weight is 509 g/mol. The second-order valence-electron chi connectivity index (χ2n) is 8.23. The second-order valence-corrected chi connectivity index (χ2v) is 12.7. The molecule has 3 atom stereocenters. The lowest BCUT2D eigenvalue weighted by Crippen LogP contribution is -2.57. The lowest BCUT2D eigenvalue weighted by molar-refractivity contribution is -0.0732. The summed E-state index contributed by atoms with van der Waals surface area (Å²) in [5, 5.41) is 0. The smallest absolute Gasteiger partial charge is 0.189 e. The van der Waals surface area contributed by atoms with E-state index in [0.29, 0.717) is 18.2 Å². The Morgan fingerprint density at radius 1 is 1.00 bits per heavy atom. The SMILES string of the molecule is CS(=O)(=O)CC[C@@H]1OCC[C@@]2(S(=O)(=O)c3cc(F)cc(F)c3)c3c(F)ccc(F)c3OC[C@@H]12. The number of benzene rings is 2. The molecule has 0 aromatic heterocycles. The normalized spacial score (nSPS) is 25.1. The molecule has 33 heavy (non-hydrogen) atoms. The van der Waals surface area contributed by atoms with Crippen LogP contribution in [-0.2, 0) is 29.2 Å². The third-order valence-electron chi connectivity index (χ3n) is 6.14. The molecule has 2 heterocycles. The lowest BCUT2D eigenvalue weighted by Gasteiger charge is -2.50. The van der Waals surface area contributed by atoms with Gasteiger partial charge in [-0.3, -0.25) is 0 Å². The molecule has 1 fully saturated rings. The van der Waals surface area contributed by atoms with Crippen molar-refractivity contribution in [2.45, 2.75) is 28.6 Å². The van der Waals surface area contributed by atoms with E-state index in [-0.39, 0.29) is 25.2 Å². The Morgan fingerprint density at radius 2 is 1.64 bits per heavy atom. The van der Waals surface area contributed by atoms with Crippen molar-refractivity contribution >= 4 is 19.7 Å². The summed E-state index contributed by atoms with van der Waals surface area (Å²) in [5.41, 5.74) is -0.587. The molecule has 0 amide bonds. The monoisotopic (exact) mass is 508 g/mol. The van der Waals surface area contributed by atoms with Gasteiger partial charge in [-0.25, -0.2) is 34.4 Å². The molecule has 6 nitrogen and oxygen atoms in total. The second kappa shape index (κ2) is 8.24. The van der Waals surface area contributed by atoms with Crippen LogP contribution in [0, 0.1) is 29.2 Å². The predicted molar refractivity (Wildman–Crippen MR) is 109 cm³/mol. The van der Waals surface area contributed by atoms with E-state index in [1.165, 1.54) is 0 Å². The number of fused-ring (bicyclic) bond motifs is 3. The number of ether oxygens (including phenoxy) is 2. The highest BCUT2D eigenvalue weighted by Crippen LogP contribution is 2.55. The highest BCUT2D eigenvalue weighted by molar-refractivity contribution is 7.92. The van der Waals surface area contributed by atoms with E-state index in [4.69, 9.17) is 9.47 Å². The molecule has 0 radical (unpaired) electrons. The van der Waals surface area contributed by atoms with Crippen LogP contribution in [0.25, 0.3) is 0 Å². The highest BCUT2D eigenvalue weighted by atomic mass is 32.2. The molecule has 2 aliphatic heterocycles. The number of rotatable bonds is 5. The molecule has 2 aromatic carbocycles. The highest BCUT2D eigenvalue weighted by Gasteiger charge is 2.61. The van der Waals surface area contributed by atoms with Gasteiger partial charge in [0.2, 0.25) is 0 Å². The van der Waals surface area contributed by atoms with Gasteiger partial charge in [-0.15, -0.1) is 0 Å². The molecular formula is C21H20F4O6S2. The van der Waals surface area contributed by atoms with Crippen molar-refractivity contribution in [1.29, 1.82) is 0 Å². The summed E-state index contributed by atoms with van der Waals surface area (Å²) in [6, 6.07) is 3.25. The summed E-state index contributed by atoms with van der Waals surface area (Å²) in [7, 11) is -8.22. The first kappa shape index (κ1) is 24.0. The molecular weight excluding hydrogens is 488 g/mol. The summed E-state index contributed by atoms with van der Waals surface area (Å²) in [6.07, 6.45) is -0.507. The topological polar surface area (TPSA) is 86.7 Å². The molecule has 0 saturated carbocycles. The Hall–Kier alpha value is -2.18. The van der Waals surface area contributed by atoms with Crippen LogP contribution < -0.4 is 4.74 Å². The van der Waals surface area contributed by atoms with Gasteiger partial charge in [0.1, 0.15) is 32.0 Å². The van der Waals surface area contributed by atoms with Gasteiger partial charge in [-0.2, -0.15) is 0 Å². The summed E-state index contributed by atoms with van der Waals surface area (Å²) >= 11 is 0. The Bertz CT molecular complexity index is 1290. The zero-order chi connectivity index (χ0) is 24.2. The van der Waals surface area contributed by atoms with E-state index in [9.17, 15) is 30.0 Å². The van der Waals surface area contributed by atoms with Crippen LogP contribution >= 0.6 is 0 Å². The molecule has 2 aromatic rings. The van der Waals surface area contributed by atoms with Gasteiger partial charge in [0.05, 0.1) is 28.9 Å². The molecule has 4 rings (SSSR count). The van der Waals surface area contributed by atoms with E-state index < -0.39 is 82.5 Å². The number of hydrogen-bond donors (Lipinski definition) is 0. The summed E-state index contributed by atoms with van der Waals surface area (Å²) < 4.78 is 118. The first-order valence-electron chi connectivity index (χ1n) is 9.98. The summed E-state index contributed by atoms with van der Waals surface area (Å²) in [5.74, 6) is -6.51. The van der Waals surface area contributed by atoms with Gasteiger partial charge in [-0.05, 0) is 37.1 Å². The molecule has 0 N–H and O–H groups in total. The van der Waals surface area contributed by atoms with Gasteiger partial charge in [0, 0.05) is 24.8 Å². The van der Waals surface area contributed by atoms with Crippen LogP contribution in [0.3, 0.4) is 0 Å². The maximum atomic E-state index is 15.2. The number of hydrogen-bond acceptors (Lipinski definition) is 6. The average Bonchev–Trinajstić information content (AvgIpc) is 2.72. The Labute approximate surface area is 188 Å². The van der Waals surface area contributed by atoms with Gasteiger partial charge in [0.15, 0.2) is 21.4 Å². The van der Waals surface area contributed by atoms with E-state index in [1.54, 1.807) is 0 Å². The largest absolute Gasteiger partial charge is 0.490 e. The summed E-state index contributed by atoms with van der Waals surface area (Å²) in [6.45, 7) is -0.670. The van der Waals surface area contributed by atoms with Crippen molar-refractivity contribution in [3.8, 4) is 5.75 Å². The standard InChI is InChI=1S/C21H20F4O6S2/c1-32(26,27)7-4-18-15-11-31-20-17(25)3-2-16(24)19(20)21(15,5-6-30-18)33(28,29)14-9-12(22)8-13(23)10-14/h2-3,8-10,15,18H,4-7,11H2,1H3/t15-,18-,21-/m0/s1. The molecule has 12 heteroatoms. The van der Waals surface area contributed by atoms with Crippen molar-refractivity contribution in [1.82, 2.24) is 0 Å². The lowest BCUT2D eigenvalue weighted by atomic mass is 9.75. The van der Waals surface area contributed by atoms with Crippen LogP contribution in [-0.4, -0.2) is 48.2 Å². The zero-order valence-electron chi connectivity index (χ0n) is 17.4. The minimum absolute atomic E-state index is 0.131. The molecule has 1 saturated heterocycles. The van der Waals surface area contributed by atoms with Gasteiger partial charge in [0.25, 0.3) is 0 Å². The van der Waals surface area contributed by atoms with Crippen molar-refractivity contribution < 1.29 is 43.9 Å². The van der Waals surface area contributed by atoms with Crippen molar-refractivity contribution in [2.75, 3.05) is 25.2 Å². The maximum absolute atomic E-state index is 15.2. The molecule has 0 unspecified atom stereocenters. The fourth-order valence-corrected chi connectivity index (χ4v) is 7.78. The fourth-order valence-electron chi connectivity index (χ4n) is 4.73. The minimum Gasteiger partial charge on any atom is -0.490 e. The van der Waals surface area contributed by atoms with Gasteiger partial charge >= 0.3 is 0 Å². The number of halogens is 4. The van der Waals surface area contributed by atoms with Crippen LogP contribution in [0.4, 0.5) is 17.6 Å². The molecule has 0 bridgehead atoms. The fraction of sp³-hybridized carbons (Fsp3) is 0.429. The van der Waals surface area contributed by atoms with E-state index >= 15 is 4.39 Å². The van der Waals surface area contributed by atoms with E-state index in [0.717, 1.165) is 18.4 Å². The van der Waals surface area contributed by atoms with Crippen LogP contribution in [0.2, 0.25) is 0 Å². The van der Waals surface area contributed by atoms with Crippen LogP contribution in [0.5, 0.6) is 5.75 Å². The van der Waals surface area contributed by atoms with Gasteiger partial charge in [-0.1, -0.05) is 0 Å². The first-order valence-corrected chi connectivity index (χ1v) is 13.5. The Morgan fingerprint density at radius 3 is 2.27 bits per heavy atom. The van der Waals surface area contributed by atoms with E-state index in [2.05, 4.69) is 0 Å². The first-order chi connectivity index (χ1) is 15.4. The predicted octanol–water partition coefficient (Wildman–Crippen LogP) is 3.14. The molecule has 180 valence electrons. The van der Waals surface area contributed by atoms with Crippen molar-refractivity contribution in [3.63, 3.8) is 0 Å². The molecule has 0 spiro atoms. The zero-order valence-corrected chi connectivity index (χ0v) is 19.0. The minimum atomic E-state index is -4.76.